The van der Waals surface area contributed by atoms with Gasteiger partial charge >= 0.3 is 0 Å². The molecular formula is C12H20ClN3O4S. The largest absolute Gasteiger partial charge is 0.380 e. The Morgan fingerprint density at radius 3 is 2.67 bits per heavy atom. The summed E-state index contributed by atoms with van der Waals surface area (Å²) in [6, 6.07) is 0. The molecule has 0 saturated heterocycles. The molecule has 21 heavy (non-hydrogen) atoms. The Balaban J connectivity index is 2.51. The number of nitrogens with zero attached hydrogens (tertiary/aromatic N) is 1. The van der Waals surface area contributed by atoms with Gasteiger partial charge < -0.3 is 10.1 Å². The molecule has 2 N–H and O–H groups in total. The van der Waals surface area contributed by atoms with Gasteiger partial charge in [-0.25, -0.2) is 8.42 Å². The Morgan fingerprint density at radius 2 is 2.10 bits per heavy atom. The van der Waals surface area contributed by atoms with Crippen molar-refractivity contribution >= 4 is 25.6 Å². The van der Waals surface area contributed by atoms with E-state index in [1.807, 2.05) is 0 Å². The smallest absolute Gasteiger partial charge is 0.273 e. The maximum atomic E-state index is 11.9. The van der Waals surface area contributed by atoms with E-state index in [1.54, 1.807) is 0 Å². The molecule has 0 unspecified atom stereocenters. The van der Waals surface area contributed by atoms with Gasteiger partial charge in [-0.15, -0.1) is 0 Å². The number of H-pyrrole nitrogens is 1. The first kappa shape index (κ1) is 17.9. The lowest BCUT2D eigenvalue weighted by Gasteiger charge is -2.07. The summed E-state index contributed by atoms with van der Waals surface area (Å²) in [5.74, 6) is -0.0471. The molecule has 0 radical (unpaired) electrons. The number of aromatic nitrogens is 2. The van der Waals surface area contributed by atoms with E-state index < -0.39 is 15.0 Å². The Kier molecular flexibility index (Phi) is 6.63. The van der Waals surface area contributed by atoms with Crippen LogP contribution in [-0.4, -0.2) is 44.3 Å². The van der Waals surface area contributed by atoms with Gasteiger partial charge in [-0.3, -0.25) is 9.89 Å². The van der Waals surface area contributed by atoms with Crippen LogP contribution in [0.5, 0.6) is 0 Å². The van der Waals surface area contributed by atoms with Gasteiger partial charge in [0.05, 0.1) is 12.3 Å². The van der Waals surface area contributed by atoms with Crippen LogP contribution in [0.1, 0.15) is 36.5 Å². The highest BCUT2D eigenvalue weighted by Crippen LogP contribution is 2.21. The number of amides is 1. The average Bonchev–Trinajstić information content (AvgIpc) is 2.74. The summed E-state index contributed by atoms with van der Waals surface area (Å²) < 4.78 is 28.2. The molecule has 1 heterocycles. The first-order valence-corrected chi connectivity index (χ1v) is 8.90. The van der Waals surface area contributed by atoms with Gasteiger partial charge in [-0.2, -0.15) is 5.10 Å². The maximum Gasteiger partial charge on any atom is 0.273 e. The zero-order valence-corrected chi connectivity index (χ0v) is 13.8. The molecule has 0 aliphatic carbocycles. The van der Waals surface area contributed by atoms with Gasteiger partial charge in [-0.05, 0) is 19.3 Å². The fourth-order valence-corrected chi connectivity index (χ4v) is 2.96. The minimum atomic E-state index is -4.03. The van der Waals surface area contributed by atoms with Crippen LogP contribution >= 0.6 is 10.7 Å². The highest BCUT2D eigenvalue weighted by Gasteiger charge is 2.26. The second kappa shape index (κ2) is 7.77. The van der Waals surface area contributed by atoms with E-state index in [1.165, 1.54) is 6.92 Å². The quantitative estimate of drug-likeness (QED) is 0.552. The molecule has 1 aromatic heterocycles. The number of aryl methyl sites for hydroxylation is 1. The Labute approximate surface area is 128 Å². The lowest BCUT2D eigenvalue weighted by atomic mass is 10.1. The predicted molar refractivity (Wildman–Crippen MR) is 79.0 cm³/mol. The molecule has 1 rings (SSSR count). The molecule has 0 atom stereocenters. The Bertz CT molecular complexity index is 583. The normalized spacial score (nSPS) is 11.9. The summed E-state index contributed by atoms with van der Waals surface area (Å²) in [5, 5.41) is 8.66. The second-order valence-electron chi connectivity index (χ2n) is 5.01. The third-order valence-corrected chi connectivity index (χ3v) is 4.17. The van der Waals surface area contributed by atoms with Crippen molar-refractivity contribution in [1.29, 1.82) is 0 Å². The molecule has 0 fully saturated rings. The highest BCUT2D eigenvalue weighted by atomic mass is 35.7. The number of ether oxygens (including phenoxy) is 1. The molecule has 1 aromatic rings. The summed E-state index contributed by atoms with van der Waals surface area (Å²) >= 11 is 0. The maximum absolute atomic E-state index is 11.9. The van der Waals surface area contributed by atoms with Crippen molar-refractivity contribution in [3.05, 3.63) is 11.4 Å². The fraction of sp³-hybridized carbons (Fsp3) is 0.667. The van der Waals surface area contributed by atoms with E-state index in [0.717, 1.165) is 6.42 Å². The Morgan fingerprint density at radius 1 is 1.43 bits per heavy atom. The number of nitrogens with one attached hydrogen (secondary N) is 2. The standard InChI is InChI=1S/C12H20ClN3O4S/c1-8(2)4-6-20-7-5-14-12(17)10-11(21(13,18)19)9(3)15-16-10/h8H,4-7H2,1-3H3,(H,14,17)(H,15,16). The van der Waals surface area contributed by atoms with Crippen LogP contribution < -0.4 is 5.32 Å². The average molecular weight is 338 g/mol. The number of carbonyl (C=O) groups is 1. The van der Waals surface area contributed by atoms with Crippen molar-refractivity contribution in [2.24, 2.45) is 5.92 Å². The van der Waals surface area contributed by atoms with Crippen LogP contribution in [0.15, 0.2) is 4.90 Å². The van der Waals surface area contributed by atoms with Crippen molar-refractivity contribution in [2.45, 2.75) is 32.1 Å². The monoisotopic (exact) mass is 337 g/mol. The number of rotatable bonds is 8. The van der Waals surface area contributed by atoms with Gasteiger partial charge in [0.1, 0.15) is 4.90 Å². The van der Waals surface area contributed by atoms with E-state index >= 15 is 0 Å². The lowest BCUT2D eigenvalue weighted by Crippen LogP contribution is -2.28. The van der Waals surface area contributed by atoms with Crippen molar-refractivity contribution in [1.82, 2.24) is 15.5 Å². The van der Waals surface area contributed by atoms with Crippen LogP contribution in [0.3, 0.4) is 0 Å². The summed E-state index contributed by atoms with van der Waals surface area (Å²) in [6.45, 7) is 6.91. The molecule has 0 spiro atoms. The number of hydrogen-bond acceptors (Lipinski definition) is 5. The number of halogens is 1. The minimum Gasteiger partial charge on any atom is -0.380 e. The fourth-order valence-electron chi connectivity index (χ4n) is 1.61. The zero-order chi connectivity index (χ0) is 16.0. The van der Waals surface area contributed by atoms with E-state index in [2.05, 4.69) is 29.4 Å². The minimum absolute atomic E-state index is 0.225. The van der Waals surface area contributed by atoms with Crippen molar-refractivity contribution in [3.63, 3.8) is 0 Å². The van der Waals surface area contributed by atoms with E-state index in [4.69, 9.17) is 15.4 Å². The Hall–Kier alpha value is -1.12. The zero-order valence-electron chi connectivity index (χ0n) is 12.3. The van der Waals surface area contributed by atoms with Gasteiger partial charge in [-0.1, -0.05) is 13.8 Å². The lowest BCUT2D eigenvalue weighted by molar-refractivity contribution is 0.0898. The summed E-state index contributed by atoms with van der Waals surface area (Å²) in [5.41, 5.74) is -0.00647. The van der Waals surface area contributed by atoms with Gasteiger partial charge in [0.25, 0.3) is 15.0 Å². The first-order valence-electron chi connectivity index (χ1n) is 6.59. The number of hydrogen-bond donors (Lipinski definition) is 2. The van der Waals surface area contributed by atoms with E-state index in [-0.39, 0.29) is 22.8 Å². The first-order chi connectivity index (χ1) is 9.73. The molecule has 0 bridgehead atoms. The van der Waals surface area contributed by atoms with Crippen molar-refractivity contribution in [3.8, 4) is 0 Å². The third-order valence-electron chi connectivity index (χ3n) is 2.72. The SMILES string of the molecule is Cc1[nH]nc(C(=O)NCCOCCC(C)C)c1S(=O)(=O)Cl. The topological polar surface area (TPSA) is 101 Å². The van der Waals surface area contributed by atoms with Gasteiger partial charge in [0, 0.05) is 23.8 Å². The van der Waals surface area contributed by atoms with Crippen LogP contribution in [0, 0.1) is 12.8 Å². The summed E-state index contributed by atoms with van der Waals surface area (Å²) in [4.78, 5) is 11.6. The third kappa shape index (κ3) is 5.64. The number of aromatic amines is 1. The molecular weight excluding hydrogens is 318 g/mol. The molecule has 9 heteroatoms. The summed E-state index contributed by atoms with van der Waals surface area (Å²) in [7, 11) is 1.27. The van der Waals surface area contributed by atoms with Gasteiger partial charge in [0.2, 0.25) is 0 Å². The van der Waals surface area contributed by atoms with E-state index in [0.29, 0.717) is 19.1 Å². The molecule has 0 aliphatic rings. The van der Waals surface area contributed by atoms with Crippen LogP contribution in [0.2, 0.25) is 0 Å². The number of carbonyl (C=O) groups excluding carboxylic acids is 1. The molecule has 120 valence electrons. The molecule has 7 nitrogen and oxygen atoms in total. The van der Waals surface area contributed by atoms with Crippen LogP contribution in [0.25, 0.3) is 0 Å². The van der Waals surface area contributed by atoms with E-state index in [9.17, 15) is 13.2 Å². The molecule has 0 aliphatic heterocycles. The molecule has 0 aromatic carbocycles. The van der Waals surface area contributed by atoms with Crippen LogP contribution in [-0.2, 0) is 13.8 Å². The predicted octanol–water partition coefficient (Wildman–Crippen LogP) is 1.44. The molecule has 0 saturated carbocycles. The van der Waals surface area contributed by atoms with Crippen LogP contribution in [0.4, 0.5) is 0 Å². The summed E-state index contributed by atoms with van der Waals surface area (Å²) in [6.07, 6.45) is 0.946. The van der Waals surface area contributed by atoms with Gasteiger partial charge in [0.15, 0.2) is 5.69 Å². The van der Waals surface area contributed by atoms with Crippen molar-refractivity contribution in [2.75, 3.05) is 19.8 Å². The second-order valence-corrected chi connectivity index (χ2v) is 7.52. The molecule has 1 amide bonds. The highest BCUT2D eigenvalue weighted by molar-refractivity contribution is 8.13. The van der Waals surface area contributed by atoms with Crippen molar-refractivity contribution < 1.29 is 17.9 Å².